The van der Waals surface area contributed by atoms with Crippen molar-refractivity contribution < 1.29 is 9.84 Å². The Balaban J connectivity index is 1.62. The number of thiophene rings is 2. The number of aryl methyl sites for hydroxylation is 1. The van der Waals surface area contributed by atoms with Crippen LogP contribution in [0.5, 0.6) is 0 Å². The number of ether oxygens (including phenoxy) is 1. The summed E-state index contributed by atoms with van der Waals surface area (Å²) in [6.07, 6.45) is 0.750. The third-order valence-electron chi connectivity index (χ3n) is 3.18. The van der Waals surface area contributed by atoms with Crippen molar-refractivity contribution in [2.45, 2.75) is 26.2 Å². The largest absolute Gasteiger partial charge is 0.389 e. The van der Waals surface area contributed by atoms with Gasteiger partial charge in [-0.3, -0.25) is 9.36 Å². The Morgan fingerprint density at radius 2 is 2.36 bits per heavy atom. The minimum atomic E-state index is -0.739. The predicted molar refractivity (Wildman–Crippen MR) is 88.6 cm³/mol. The van der Waals surface area contributed by atoms with Crippen LogP contribution in [0.15, 0.2) is 34.7 Å². The smallest absolute Gasteiger partial charge is 0.262 e. The number of rotatable bonds is 6. The van der Waals surface area contributed by atoms with Crippen molar-refractivity contribution in [3.8, 4) is 0 Å². The van der Waals surface area contributed by atoms with E-state index in [0.29, 0.717) is 12.0 Å². The summed E-state index contributed by atoms with van der Waals surface area (Å²) in [6, 6.07) is 5.78. The number of aliphatic hydroxyl groups is 1. The molecule has 0 aromatic carbocycles. The van der Waals surface area contributed by atoms with Gasteiger partial charge in [-0.15, -0.1) is 22.7 Å². The molecule has 0 radical (unpaired) electrons. The summed E-state index contributed by atoms with van der Waals surface area (Å²) in [5, 5.41) is 12.6. The Morgan fingerprint density at radius 3 is 3.14 bits per heavy atom. The fourth-order valence-electron chi connectivity index (χ4n) is 2.18. The highest BCUT2D eigenvalue weighted by atomic mass is 32.1. The van der Waals surface area contributed by atoms with Crippen LogP contribution in [0, 0.1) is 6.92 Å². The molecule has 0 aliphatic carbocycles. The highest BCUT2D eigenvalue weighted by molar-refractivity contribution is 7.18. The van der Waals surface area contributed by atoms with Crippen LogP contribution in [0.1, 0.15) is 9.75 Å². The molecule has 3 rings (SSSR count). The zero-order chi connectivity index (χ0) is 15.5. The Hall–Kier alpha value is -1.54. The Bertz CT molecular complexity index is 808. The van der Waals surface area contributed by atoms with Crippen molar-refractivity contribution in [2.75, 3.05) is 6.61 Å². The number of aliphatic hydroxyl groups excluding tert-OH is 1. The van der Waals surface area contributed by atoms with E-state index >= 15 is 0 Å². The Labute approximate surface area is 135 Å². The average Bonchev–Trinajstić information content (AvgIpc) is 3.11. The summed E-state index contributed by atoms with van der Waals surface area (Å²) in [7, 11) is 0. The van der Waals surface area contributed by atoms with Crippen molar-refractivity contribution in [3.63, 3.8) is 0 Å². The van der Waals surface area contributed by atoms with Crippen LogP contribution < -0.4 is 5.56 Å². The van der Waals surface area contributed by atoms with Crippen molar-refractivity contribution in [3.05, 3.63) is 50.0 Å². The van der Waals surface area contributed by atoms with Gasteiger partial charge in [-0.1, -0.05) is 6.07 Å². The molecule has 3 aromatic heterocycles. The molecular formula is C15H16N2O3S2. The lowest BCUT2D eigenvalue weighted by molar-refractivity contribution is 0.0207. The topological polar surface area (TPSA) is 64.4 Å². The summed E-state index contributed by atoms with van der Waals surface area (Å²) in [5.41, 5.74) is -0.119. The van der Waals surface area contributed by atoms with Crippen LogP contribution in [0.25, 0.3) is 10.2 Å². The number of nitrogens with zero attached hydrogens (tertiary/aromatic N) is 2. The maximum absolute atomic E-state index is 12.3. The quantitative estimate of drug-likeness (QED) is 0.751. The lowest BCUT2D eigenvalue weighted by Crippen LogP contribution is -2.29. The van der Waals surface area contributed by atoms with Crippen LogP contribution in [0.4, 0.5) is 0 Å². The maximum atomic E-state index is 12.3. The predicted octanol–water partition coefficient (Wildman–Crippen LogP) is 2.41. The average molecular weight is 336 g/mol. The second-order valence-electron chi connectivity index (χ2n) is 5.03. The lowest BCUT2D eigenvalue weighted by atomic mass is 10.3. The molecular weight excluding hydrogens is 320 g/mol. The molecule has 0 saturated carbocycles. The molecule has 0 aliphatic heterocycles. The van der Waals surface area contributed by atoms with Gasteiger partial charge >= 0.3 is 0 Å². The standard InChI is InChI=1S/C15H16N2O3S2/c1-10-5-13-14(22-10)16-9-17(15(13)19)6-11(18)7-20-8-12-3-2-4-21-12/h2-5,9,11,18H,6-8H2,1H3. The molecule has 1 N–H and O–H groups in total. The van der Waals surface area contributed by atoms with Gasteiger partial charge in [0.2, 0.25) is 0 Å². The minimum absolute atomic E-state index is 0.119. The van der Waals surface area contributed by atoms with Gasteiger partial charge in [-0.05, 0) is 24.4 Å². The van der Waals surface area contributed by atoms with Crippen molar-refractivity contribution >= 4 is 32.9 Å². The first-order chi connectivity index (χ1) is 10.6. The van der Waals surface area contributed by atoms with Gasteiger partial charge in [0.15, 0.2) is 0 Å². The molecule has 0 saturated heterocycles. The van der Waals surface area contributed by atoms with Gasteiger partial charge in [-0.2, -0.15) is 0 Å². The molecule has 0 fully saturated rings. The lowest BCUT2D eigenvalue weighted by Gasteiger charge is -2.12. The fraction of sp³-hybridized carbons (Fsp3) is 0.333. The monoisotopic (exact) mass is 336 g/mol. The van der Waals surface area contributed by atoms with Gasteiger partial charge in [0, 0.05) is 9.75 Å². The second kappa shape index (κ2) is 6.70. The molecule has 0 aliphatic rings. The van der Waals surface area contributed by atoms with E-state index in [4.69, 9.17) is 4.74 Å². The van der Waals surface area contributed by atoms with Gasteiger partial charge in [0.1, 0.15) is 4.83 Å². The van der Waals surface area contributed by atoms with Crippen LogP contribution in [-0.2, 0) is 17.9 Å². The van der Waals surface area contributed by atoms with E-state index in [9.17, 15) is 9.90 Å². The summed E-state index contributed by atoms with van der Waals surface area (Å²) in [4.78, 5) is 19.5. The molecule has 0 amide bonds. The van der Waals surface area contributed by atoms with Crippen molar-refractivity contribution in [1.29, 1.82) is 0 Å². The summed E-state index contributed by atoms with van der Waals surface area (Å²) in [5.74, 6) is 0. The van der Waals surface area contributed by atoms with Crippen LogP contribution in [0.2, 0.25) is 0 Å². The first-order valence-corrected chi connectivity index (χ1v) is 8.57. The SMILES string of the molecule is Cc1cc2c(=O)n(CC(O)COCc3cccs3)cnc2s1. The second-order valence-corrected chi connectivity index (χ2v) is 7.29. The van der Waals surface area contributed by atoms with Crippen LogP contribution >= 0.6 is 22.7 Å². The number of aromatic nitrogens is 2. The van der Waals surface area contributed by atoms with E-state index in [-0.39, 0.29) is 18.7 Å². The maximum Gasteiger partial charge on any atom is 0.262 e. The first kappa shape index (κ1) is 15.4. The first-order valence-electron chi connectivity index (χ1n) is 6.87. The molecule has 3 heterocycles. The van der Waals surface area contributed by atoms with Gasteiger partial charge < -0.3 is 9.84 Å². The third-order valence-corrected chi connectivity index (χ3v) is 4.99. The van der Waals surface area contributed by atoms with Crippen molar-refractivity contribution in [1.82, 2.24) is 9.55 Å². The Kier molecular flexibility index (Phi) is 4.68. The molecule has 116 valence electrons. The van der Waals surface area contributed by atoms with E-state index in [1.165, 1.54) is 22.2 Å². The molecule has 5 nitrogen and oxygen atoms in total. The third kappa shape index (κ3) is 3.44. The van der Waals surface area contributed by atoms with Gasteiger partial charge in [-0.25, -0.2) is 4.98 Å². The van der Waals surface area contributed by atoms with E-state index < -0.39 is 6.10 Å². The zero-order valence-electron chi connectivity index (χ0n) is 12.1. The van der Waals surface area contributed by atoms with Crippen LogP contribution in [-0.4, -0.2) is 27.4 Å². The molecule has 1 unspecified atom stereocenters. The van der Waals surface area contributed by atoms with Crippen LogP contribution in [0.3, 0.4) is 0 Å². The molecule has 1 atom stereocenters. The number of hydrogen-bond acceptors (Lipinski definition) is 6. The number of hydrogen-bond donors (Lipinski definition) is 1. The zero-order valence-corrected chi connectivity index (χ0v) is 13.7. The van der Waals surface area contributed by atoms with Crippen molar-refractivity contribution in [2.24, 2.45) is 0 Å². The molecule has 0 spiro atoms. The van der Waals surface area contributed by atoms with E-state index in [1.54, 1.807) is 11.3 Å². The minimum Gasteiger partial charge on any atom is -0.389 e. The highest BCUT2D eigenvalue weighted by Gasteiger charge is 2.11. The van der Waals surface area contributed by atoms with Gasteiger partial charge in [0.25, 0.3) is 5.56 Å². The highest BCUT2D eigenvalue weighted by Crippen LogP contribution is 2.19. The molecule has 7 heteroatoms. The summed E-state index contributed by atoms with van der Waals surface area (Å²) >= 11 is 3.11. The Morgan fingerprint density at radius 1 is 1.50 bits per heavy atom. The normalized spacial score (nSPS) is 12.8. The van der Waals surface area contributed by atoms with E-state index in [2.05, 4.69) is 4.98 Å². The summed E-state index contributed by atoms with van der Waals surface area (Å²) < 4.78 is 6.91. The molecule has 3 aromatic rings. The molecule has 22 heavy (non-hydrogen) atoms. The van der Waals surface area contributed by atoms with E-state index in [1.807, 2.05) is 30.5 Å². The fourth-order valence-corrected chi connectivity index (χ4v) is 3.66. The molecule has 0 bridgehead atoms. The van der Waals surface area contributed by atoms with E-state index in [0.717, 1.165) is 14.6 Å². The summed E-state index contributed by atoms with van der Waals surface area (Å²) in [6.45, 7) is 2.79. The number of fused-ring (bicyclic) bond motifs is 1. The van der Waals surface area contributed by atoms with Gasteiger partial charge in [0.05, 0.1) is 37.6 Å².